The Kier molecular flexibility index (Phi) is 5.66. The molecular formula is C24H22N2O4. The molecule has 0 bridgehead atoms. The summed E-state index contributed by atoms with van der Waals surface area (Å²) in [5, 5.41) is 5.86. The smallest absolute Gasteiger partial charge is 0.328 e. The molecule has 1 amide bonds. The Morgan fingerprint density at radius 3 is 2.60 bits per heavy atom. The molecule has 1 atom stereocenters. The van der Waals surface area contributed by atoms with Crippen LogP contribution >= 0.6 is 0 Å². The van der Waals surface area contributed by atoms with Gasteiger partial charge in [0.2, 0.25) is 0 Å². The fraction of sp³-hybridized carbons (Fsp3) is 0.167. The molecule has 30 heavy (non-hydrogen) atoms. The van der Waals surface area contributed by atoms with Crippen molar-refractivity contribution in [3.05, 3.63) is 78.5 Å². The number of H-pyrrole nitrogens is 1. The molecule has 0 aliphatic heterocycles. The molecule has 0 aliphatic carbocycles. The first-order chi connectivity index (χ1) is 14.6. The van der Waals surface area contributed by atoms with E-state index in [-0.39, 0.29) is 6.61 Å². The van der Waals surface area contributed by atoms with Crippen molar-refractivity contribution in [2.45, 2.75) is 12.5 Å². The molecule has 4 rings (SSSR count). The summed E-state index contributed by atoms with van der Waals surface area (Å²) in [4.78, 5) is 27.9. The molecule has 1 aromatic heterocycles. The van der Waals surface area contributed by atoms with E-state index >= 15 is 0 Å². The highest BCUT2D eigenvalue weighted by Crippen LogP contribution is 2.21. The SMILES string of the molecule is COC(=O)[C@@H](Cc1c[nH]c2ccccc12)NC(=O)COc1ccc2ccccc2c1. The zero-order valence-electron chi connectivity index (χ0n) is 16.6. The lowest BCUT2D eigenvalue weighted by atomic mass is 10.0. The topological polar surface area (TPSA) is 80.4 Å². The molecule has 1 heterocycles. The number of fused-ring (bicyclic) bond motifs is 2. The molecular weight excluding hydrogens is 380 g/mol. The number of rotatable bonds is 7. The van der Waals surface area contributed by atoms with Crippen molar-refractivity contribution in [1.29, 1.82) is 0 Å². The number of ether oxygens (including phenoxy) is 2. The standard InChI is InChI=1S/C24H22N2O4/c1-29-24(28)22(13-18-14-25-21-9-5-4-8-20(18)21)26-23(27)15-30-19-11-10-16-6-2-3-7-17(16)12-19/h2-12,14,22,25H,13,15H2,1H3,(H,26,27)/t22-/m1/s1. The quantitative estimate of drug-likeness (QED) is 0.463. The molecule has 0 spiro atoms. The van der Waals surface area contributed by atoms with Gasteiger partial charge in [-0.1, -0.05) is 48.5 Å². The summed E-state index contributed by atoms with van der Waals surface area (Å²) in [6, 6.07) is 20.6. The Balaban J connectivity index is 1.42. The second-order valence-corrected chi connectivity index (χ2v) is 7.00. The molecule has 6 heteroatoms. The minimum Gasteiger partial charge on any atom is -0.484 e. The predicted molar refractivity (Wildman–Crippen MR) is 115 cm³/mol. The van der Waals surface area contributed by atoms with Crippen molar-refractivity contribution < 1.29 is 19.1 Å². The molecule has 0 radical (unpaired) electrons. The number of hydrogen-bond acceptors (Lipinski definition) is 4. The van der Waals surface area contributed by atoms with Crippen LogP contribution in [0.15, 0.2) is 72.9 Å². The number of benzene rings is 3. The minimum atomic E-state index is -0.804. The average Bonchev–Trinajstić information content (AvgIpc) is 3.19. The van der Waals surface area contributed by atoms with Crippen LogP contribution in [-0.4, -0.2) is 36.6 Å². The van der Waals surface area contributed by atoms with Crippen LogP contribution < -0.4 is 10.1 Å². The van der Waals surface area contributed by atoms with E-state index in [1.165, 1.54) is 7.11 Å². The van der Waals surface area contributed by atoms with Gasteiger partial charge in [-0.3, -0.25) is 4.79 Å². The molecule has 4 aromatic rings. The lowest BCUT2D eigenvalue weighted by Gasteiger charge is -2.16. The fourth-order valence-electron chi connectivity index (χ4n) is 3.50. The predicted octanol–water partition coefficient (Wildman–Crippen LogP) is 3.60. The zero-order chi connectivity index (χ0) is 20.9. The third kappa shape index (κ3) is 4.27. The van der Waals surface area contributed by atoms with Crippen LogP contribution in [0.5, 0.6) is 5.75 Å². The minimum absolute atomic E-state index is 0.195. The van der Waals surface area contributed by atoms with Gasteiger partial charge >= 0.3 is 5.97 Å². The molecule has 0 unspecified atom stereocenters. The van der Waals surface area contributed by atoms with Gasteiger partial charge in [-0.15, -0.1) is 0 Å². The van der Waals surface area contributed by atoms with Crippen LogP contribution in [0.3, 0.4) is 0 Å². The summed E-state index contributed by atoms with van der Waals surface area (Å²) in [6.45, 7) is -0.195. The van der Waals surface area contributed by atoms with Gasteiger partial charge < -0.3 is 19.8 Å². The Morgan fingerprint density at radius 2 is 1.77 bits per heavy atom. The summed E-state index contributed by atoms with van der Waals surface area (Å²) < 4.78 is 10.5. The van der Waals surface area contributed by atoms with Crippen LogP contribution in [0.1, 0.15) is 5.56 Å². The van der Waals surface area contributed by atoms with E-state index in [0.717, 1.165) is 27.2 Å². The number of aromatic nitrogens is 1. The Bertz CT molecular complexity index is 1200. The zero-order valence-corrected chi connectivity index (χ0v) is 16.6. The van der Waals surface area contributed by atoms with Gasteiger partial charge in [0.25, 0.3) is 5.91 Å². The number of nitrogens with one attached hydrogen (secondary N) is 2. The number of hydrogen-bond donors (Lipinski definition) is 2. The van der Waals surface area contributed by atoms with E-state index in [4.69, 9.17) is 9.47 Å². The first kappa shape index (κ1) is 19.5. The van der Waals surface area contributed by atoms with E-state index in [2.05, 4.69) is 10.3 Å². The van der Waals surface area contributed by atoms with Gasteiger partial charge in [-0.2, -0.15) is 0 Å². The van der Waals surface area contributed by atoms with Gasteiger partial charge in [0.15, 0.2) is 6.61 Å². The first-order valence-corrected chi connectivity index (χ1v) is 9.68. The van der Waals surface area contributed by atoms with Crippen LogP contribution in [0.4, 0.5) is 0 Å². The molecule has 6 nitrogen and oxygen atoms in total. The highest BCUT2D eigenvalue weighted by molar-refractivity contribution is 5.88. The second kappa shape index (κ2) is 8.69. The summed E-state index contributed by atoms with van der Waals surface area (Å²) >= 11 is 0. The van der Waals surface area contributed by atoms with E-state index in [1.807, 2.05) is 72.9 Å². The number of aromatic amines is 1. The van der Waals surface area contributed by atoms with Crippen LogP contribution in [0.2, 0.25) is 0 Å². The van der Waals surface area contributed by atoms with Gasteiger partial charge in [-0.05, 0) is 34.5 Å². The fourth-order valence-corrected chi connectivity index (χ4v) is 3.50. The Labute approximate surface area is 173 Å². The number of para-hydroxylation sites is 1. The number of carbonyl (C=O) groups is 2. The molecule has 3 aromatic carbocycles. The number of methoxy groups -OCH3 is 1. The Morgan fingerprint density at radius 1 is 1.00 bits per heavy atom. The van der Waals surface area contributed by atoms with Crippen LogP contribution in [0, 0.1) is 0 Å². The van der Waals surface area contributed by atoms with Crippen LogP contribution in [-0.2, 0) is 20.7 Å². The van der Waals surface area contributed by atoms with Crippen molar-refractivity contribution in [2.75, 3.05) is 13.7 Å². The summed E-state index contributed by atoms with van der Waals surface area (Å²) in [7, 11) is 1.31. The van der Waals surface area contributed by atoms with E-state index in [0.29, 0.717) is 12.2 Å². The van der Waals surface area contributed by atoms with Crippen molar-refractivity contribution in [2.24, 2.45) is 0 Å². The second-order valence-electron chi connectivity index (χ2n) is 7.00. The molecule has 152 valence electrons. The highest BCUT2D eigenvalue weighted by Gasteiger charge is 2.23. The summed E-state index contributed by atoms with van der Waals surface area (Å²) in [5.41, 5.74) is 1.90. The molecule has 0 aliphatic rings. The van der Waals surface area contributed by atoms with Crippen molar-refractivity contribution >= 4 is 33.6 Å². The third-order valence-electron chi connectivity index (χ3n) is 5.01. The van der Waals surface area contributed by atoms with Gasteiger partial charge in [0.05, 0.1) is 7.11 Å². The van der Waals surface area contributed by atoms with Gasteiger partial charge in [0.1, 0.15) is 11.8 Å². The number of amides is 1. The lowest BCUT2D eigenvalue weighted by molar-refractivity contribution is -0.145. The maximum Gasteiger partial charge on any atom is 0.328 e. The molecule has 2 N–H and O–H groups in total. The van der Waals surface area contributed by atoms with Crippen molar-refractivity contribution in [3.8, 4) is 5.75 Å². The van der Waals surface area contributed by atoms with Gasteiger partial charge in [0, 0.05) is 23.5 Å². The number of carbonyl (C=O) groups excluding carboxylic acids is 2. The normalized spacial score (nSPS) is 11.9. The highest BCUT2D eigenvalue weighted by atomic mass is 16.5. The van der Waals surface area contributed by atoms with Crippen LogP contribution in [0.25, 0.3) is 21.7 Å². The van der Waals surface area contributed by atoms with Crippen molar-refractivity contribution in [1.82, 2.24) is 10.3 Å². The molecule has 0 saturated heterocycles. The average molecular weight is 402 g/mol. The lowest BCUT2D eigenvalue weighted by Crippen LogP contribution is -2.44. The maximum absolute atomic E-state index is 12.5. The molecule has 0 saturated carbocycles. The summed E-state index contributed by atoms with van der Waals surface area (Å²) in [6.07, 6.45) is 2.16. The van der Waals surface area contributed by atoms with E-state index in [1.54, 1.807) is 0 Å². The summed E-state index contributed by atoms with van der Waals surface area (Å²) in [5.74, 6) is -0.298. The van der Waals surface area contributed by atoms with E-state index < -0.39 is 17.9 Å². The van der Waals surface area contributed by atoms with Gasteiger partial charge in [-0.25, -0.2) is 4.79 Å². The van der Waals surface area contributed by atoms with Crippen molar-refractivity contribution in [3.63, 3.8) is 0 Å². The number of esters is 1. The molecule has 0 fully saturated rings. The maximum atomic E-state index is 12.5. The Hall–Kier alpha value is -3.80. The third-order valence-corrected chi connectivity index (χ3v) is 5.01. The first-order valence-electron chi connectivity index (χ1n) is 9.68. The monoisotopic (exact) mass is 402 g/mol. The largest absolute Gasteiger partial charge is 0.484 e. The van der Waals surface area contributed by atoms with E-state index in [9.17, 15) is 9.59 Å².